The van der Waals surface area contributed by atoms with Gasteiger partial charge >= 0.3 is 0 Å². The summed E-state index contributed by atoms with van der Waals surface area (Å²) in [5.74, 6) is 0.867. The Morgan fingerprint density at radius 2 is 2.07 bits per heavy atom. The van der Waals surface area contributed by atoms with Crippen molar-refractivity contribution in [3.05, 3.63) is 47.8 Å². The molecule has 0 radical (unpaired) electrons. The van der Waals surface area contributed by atoms with Crippen LogP contribution < -0.4 is 15.4 Å². The van der Waals surface area contributed by atoms with Crippen molar-refractivity contribution in [2.75, 3.05) is 18.4 Å². The van der Waals surface area contributed by atoms with Crippen molar-refractivity contribution in [2.24, 2.45) is 7.05 Å². The number of nitrogens with zero attached hydrogens (tertiary/aromatic N) is 4. The summed E-state index contributed by atoms with van der Waals surface area (Å²) in [6.07, 6.45) is 7.14. The molecule has 2 aliphatic heterocycles. The highest BCUT2D eigenvalue weighted by Gasteiger charge is 2.25. The van der Waals surface area contributed by atoms with Crippen LogP contribution in [0, 0.1) is 5.82 Å². The predicted octanol–water partition coefficient (Wildman–Crippen LogP) is 3.12. The monoisotopic (exact) mass is 380 g/mol. The minimum absolute atomic E-state index is 0.185. The van der Waals surface area contributed by atoms with Crippen LogP contribution in [0.1, 0.15) is 29.9 Å². The van der Waals surface area contributed by atoms with Crippen LogP contribution >= 0.6 is 0 Å². The van der Waals surface area contributed by atoms with Crippen molar-refractivity contribution in [3.63, 3.8) is 0 Å². The number of anilines is 2. The molecule has 0 atom stereocenters. The van der Waals surface area contributed by atoms with Gasteiger partial charge in [-0.2, -0.15) is 5.10 Å². The Morgan fingerprint density at radius 1 is 1.21 bits per heavy atom. The van der Waals surface area contributed by atoms with Gasteiger partial charge in [-0.25, -0.2) is 14.4 Å². The molecular formula is C20H21FN6O. The fraction of sp³-hybridized carbons (Fsp3) is 0.350. The van der Waals surface area contributed by atoms with Crippen LogP contribution in [0.15, 0.2) is 30.9 Å². The maximum Gasteiger partial charge on any atom is 0.178 e. The first-order valence-electron chi connectivity index (χ1n) is 9.46. The highest BCUT2D eigenvalue weighted by atomic mass is 19.1. The molecule has 144 valence electrons. The first-order chi connectivity index (χ1) is 13.7. The van der Waals surface area contributed by atoms with Crippen LogP contribution in [-0.4, -0.2) is 32.8 Å². The number of halogens is 1. The molecule has 4 heterocycles. The second-order valence-electron chi connectivity index (χ2n) is 7.27. The number of benzene rings is 1. The third-order valence-electron chi connectivity index (χ3n) is 5.41. The zero-order chi connectivity index (χ0) is 19.1. The number of ether oxygens (including phenoxy) is 1. The van der Waals surface area contributed by atoms with Gasteiger partial charge in [0.25, 0.3) is 0 Å². The van der Waals surface area contributed by atoms with Gasteiger partial charge in [0.1, 0.15) is 18.8 Å². The molecule has 0 spiro atoms. The molecular weight excluding hydrogens is 359 g/mol. The summed E-state index contributed by atoms with van der Waals surface area (Å²) in [6.45, 7) is 2.10. The molecule has 1 aromatic carbocycles. The molecule has 0 saturated carbocycles. The fourth-order valence-electron chi connectivity index (χ4n) is 3.97. The van der Waals surface area contributed by atoms with E-state index in [2.05, 4.69) is 25.7 Å². The molecule has 7 nitrogen and oxygen atoms in total. The third kappa shape index (κ3) is 2.99. The zero-order valence-electron chi connectivity index (χ0n) is 15.6. The Hall–Kier alpha value is -3.00. The van der Waals surface area contributed by atoms with Gasteiger partial charge in [0.05, 0.1) is 23.1 Å². The van der Waals surface area contributed by atoms with Crippen molar-refractivity contribution in [2.45, 2.75) is 25.4 Å². The molecule has 1 saturated heterocycles. The molecule has 28 heavy (non-hydrogen) atoms. The molecule has 3 aromatic rings. The van der Waals surface area contributed by atoms with Gasteiger partial charge in [-0.1, -0.05) is 0 Å². The van der Waals surface area contributed by atoms with Gasteiger partial charge in [0.2, 0.25) is 0 Å². The van der Waals surface area contributed by atoms with Crippen molar-refractivity contribution in [1.82, 2.24) is 25.1 Å². The lowest BCUT2D eigenvalue weighted by atomic mass is 9.90. The van der Waals surface area contributed by atoms with Gasteiger partial charge in [0, 0.05) is 18.8 Å². The summed E-state index contributed by atoms with van der Waals surface area (Å²) in [6, 6.07) is 3.61. The largest absolute Gasteiger partial charge is 0.483 e. The topological polar surface area (TPSA) is 76.9 Å². The highest BCUT2D eigenvalue weighted by Crippen LogP contribution is 2.40. The summed E-state index contributed by atoms with van der Waals surface area (Å²) in [5, 5.41) is 10.8. The maximum atomic E-state index is 14.9. The fourth-order valence-corrected chi connectivity index (χ4v) is 3.97. The van der Waals surface area contributed by atoms with Crippen molar-refractivity contribution in [3.8, 4) is 17.0 Å². The maximum absolute atomic E-state index is 14.9. The highest BCUT2D eigenvalue weighted by molar-refractivity contribution is 5.74. The average molecular weight is 380 g/mol. The Kier molecular flexibility index (Phi) is 4.20. The molecule has 2 aromatic heterocycles. The van der Waals surface area contributed by atoms with Crippen molar-refractivity contribution < 1.29 is 9.13 Å². The second-order valence-corrected chi connectivity index (χ2v) is 7.27. The number of rotatable bonds is 2. The van der Waals surface area contributed by atoms with Crippen LogP contribution in [0.4, 0.5) is 15.9 Å². The van der Waals surface area contributed by atoms with E-state index in [1.54, 1.807) is 16.9 Å². The van der Waals surface area contributed by atoms with Gasteiger partial charge in [-0.15, -0.1) is 0 Å². The molecule has 0 unspecified atom stereocenters. The van der Waals surface area contributed by atoms with E-state index in [9.17, 15) is 4.39 Å². The lowest BCUT2D eigenvalue weighted by Crippen LogP contribution is -2.26. The number of nitrogens with one attached hydrogen (secondary N) is 2. The van der Waals surface area contributed by atoms with E-state index in [1.807, 2.05) is 19.3 Å². The van der Waals surface area contributed by atoms with Crippen molar-refractivity contribution >= 4 is 11.5 Å². The van der Waals surface area contributed by atoms with Gasteiger partial charge < -0.3 is 15.4 Å². The van der Waals surface area contributed by atoms with Crippen LogP contribution in [-0.2, 0) is 13.7 Å². The zero-order valence-corrected chi connectivity index (χ0v) is 15.6. The molecule has 0 aliphatic carbocycles. The SMILES string of the molecule is Cn1cc(-c2ncnc3c2COc2c(F)cc(C4CCNCC4)cc2N3)cn1. The number of aryl methyl sites for hydroxylation is 1. The molecule has 0 amide bonds. The lowest BCUT2D eigenvalue weighted by molar-refractivity contribution is 0.294. The van der Waals surface area contributed by atoms with Crippen LogP contribution in [0.3, 0.4) is 0 Å². The average Bonchev–Trinajstić information content (AvgIpc) is 3.04. The van der Waals surface area contributed by atoms with Crippen LogP contribution in [0.25, 0.3) is 11.3 Å². The van der Waals surface area contributed by atoms with E-state index in [1.165, 1.54) is 6.33 Å². The molecule has 8 heteroatoms. The summed E-state index contributed by atoms with van der Waals surface area (Å²) in [4.78, 5) is 8.79. The number of fused-ring (bicyclic) bond motifs is 2. The predicted molar refractivity (Wildman–Crippen MR) is 103 cm³/mol. The minimum atomic E-state index is -0.345. The lowest BCUT2D eigenvalue weighted by Gasteiger charge is -2.24. The smallest absolute Gasteiger partial charge is 0.178 e. The van der Waals surface area contributed by atoms with E-state index in [0.29, 0.717) is 17.4 Å². The Bertz CT molecular complexity index is 1030. The minimum Gasteiger partial charge on any atom is -0.483 e. The van der Waals surface area contributed by atoms with E-state index in [0.717, 1.165) is 48.3 Å². The molecule has 5 rings (SSSR count). The van der Waals surface area contributed by atoms with Gasteiger partial charge in [0.15, 0.2) is 11.6 Å². The number of hydrogen-bond acceptors (Lipinski definition) is 6. The number of aromatic nitrogens is 4. The second kappa shape index (κ2) is 6.87. The summed E-state index contributed by atoms with van der Waals surface area (Å²) < 4.78 is 22.5. The Labute approximate surface area is 162 Å². The van der Waals surface area contributed by atoms with E-state index >= 15 is 0 Å². The van der Waals surface area contributed by atoms with Gasteiger partial charge in [-0.05, 0) is 49.5 Å². The molecule has 1 fully saturated rings. The number of piperidine rings is 1. The summed E-state index contributed by atoms with van der Waals surface area (Å²) >= 11 is 0. The Morgan fingerprint density at radius 3 is 2.86 bits per heavy atom. The summed E-state index contributed by atoms with van der Waals surface area (Å²) in [5.41, 5.74) is 4.00. The first-order valence-corrected chi connectivity index (χ1v) is 9.46. The van der Waals surface area contributed by atoms with Crippen molar-refractivity contribution in [1.29, 1.82) is 0 Å². The van der Waals surface area contributed by atoms with Crippen LogP contribution in [0.5, 0.6) is 5.75 Å². The molecule has 2 N–H and O–H groups in total. The van der Waals surface area contributed by atoms with Gasteiger partial charge in [-0.3, -0.25) is 4.68 Å². The van der Waals surface area contributed by atoms with Crippen LogP contribution in [0.2, 0.25) is 0 Å². The Balaban J connectivity index is 1.54. The van der Waals surface area contributed by atoms with E-state index in [4.69, 9.17) is 4.74 Å². The van der Waals surface area contributed by atoms with E-state index < -0.39 is 0 Å². The molecule has 0 bridgehead atoms. The molecule has 2 aliphatic rings. The standard InChI is InChI=1S/C20H21FN6O/c1-27-9-14(8-25-27)18-15-10-28-19-16(21)6-13(12-2-4-22-5-3-12)7-17(19)26-20(15)24-11-23-18/h6-9,11-12,22H,2-5,10H2,1H3,(H,23,24,26). The van der Waals surface area contributed by atoms with E-state index in [-0.39, 0.29) is 18.2 Å². The quantitative estimate of drug-likeness (QED) is 0.711. The first kappa shape index (κ1) is 17.1. The normalized spacial score (nSPS) is 16.5. The number of hydrogen-bond donors (Lipinski definition) is 2. The summed E-state index contributed by atoms with van der Waals surface area (Å²) in [7, 11) is 1.85. The third-order valence-corrected chi connectivity index (χ3v) is 5.41.